The summed E-state index contributed by atoms with van der Waals surface area (Å²) in [7, 11) is -3.46. The Balaban J connectivity index is 1.41. The topological polar surface area (TPSA) is 131 Å². The third-order valence-corrected chi connectivity index (χ3v) is 6.16. The molecule has 3 N–H and O–H groups in total. The lowest BCUT2D eigenvalue weighted by molar-refractivity contribution is -0.143. The van der Waals surface area contributed by atoms with E-state index in [4.69, 9.17) is 19.3 Å². The zero-order valence-corrected chi connectivity index (χ0v) is 19.7. The first-order chi connectivity index (χ1) is 16.7. The molecule has 182 valence electrons. The van der Waals surface area contributed by atoms with Crippen LogP contribution in [0.15, 0.2) is 72.8 Å². The lowest BCUT2D eigenvalue weighted by atomic mass is 9.98. The van der Waals surface area contributed by atoms with Gasteiger partial charge in [0.2, 0.25) is 0 Å². The molecule has 0 radical (unpaired) electrons. The van der Waals surface area contributed by atoms with Gasteiger partial charge in [-0.15, -0.1) is 0 Å². The normalized spacial score (nSPS) is 13.3. The van der Waals surface area contributed by atoms with Gasteiger partial charge in [0.15, 0.2) is 0 Å². The average molecular weight is 497 g/mol. The van der Waals surface area contributed by atoms with Gasteiger partial charge in [-0.25, -0.2) is 14.2 Å². The molecule has 3 aromatic rings. The second-order valence-electron chi connectivity index (χ2n) is 7.98. The first-order valence-corrected chi connectivity index (χ1v) is 12.3. The molecule has 0 heterocycles. The number of fused-ring (bicyclic) bond motifs is 3. The van der Waals surface area contributed by atoms with E-state index in [1.54, 1.807) is 0 Å². The van der Waals surface area contributed by atoms with Crippen molar-refractivity contribution in [2.24, 2.45) is 0 Å². The van der Waals surface area contributed by atoms with E-state index in [0.717, 1.165) is 22.3 Å². The van der Waals surface area contributed by atoms with Gasteiger partial charge in [-0.3, -0.25) is 9.79 Å². The molecule has 9 nitrogen and oxygen atoms in total. The summed E-state index contributed by atoms with van der Waals surface area (Å²) in [5.41, 5.74) is 4.97. The lowest BCUT2D eigenvalue weighted by Crippen LogP contribution is -2.43. The molecule has 0 unspecified atom stereocenters. The summed E-state index contributed by atoms with van der Waals surface area (Å²) >= 11 is 0. The van der Waals surface area contributed by atoms with Crippen molar-refractivity contribution in [1.29, 1.82) is 0 Å². The summed E-state index contributed by atoms with van der Waals surface area (Å²) in [5, 5.41) is 2.55. The molecule has 0 aromatic heterocycles. The van der Waals surface area contributed by atoms with Gasteiger partial charge in [-0.1, -0.05) is 60.7 Å². The molecular formula is C25H24NO8P. The van der Waals surface area contributed by atoms with E-state index >= 15 is 0 Å². The number of phosphoric ester groups is 1. The number of alkyl carbamates (subject to hydrolysis) is 1. The highest BCUT2D eigenvalue weighted by Crippen LogP contribution is 2.44. The fourth-order valence-corrected chi connectivity index (χ4v) is 4.57. The number of rotatable bonds is 8. The van der Waals surface area contributed by atoms with Crippen LogP contribution in [-0.2, 0) is 25.3 Å². The number of carbonyl (C=O) groups excluding carboxylic acids is 2. The molecule has 35 heavy (non-hydrogen) atoms. The molecular weight excluding hydrogens is 473 g/mol. The van der Waals surface area contributed by atoms with Crippen LogP contribution in [0.5, 0.6) is 5.75 Å². The van der Waals surface area contributed by atoms with Crippen LogP contribution < -0.4 is 9.84 Å². The predicted octanol–water partition coefficient (Wildman–Crippen LogP) is 3.78. The molecule has 0 bridgehead atoms. The number of carbonyl (C=O) groups is 2. The highest BCUT2D eigenvalue weighted by Gasteiger charge is 2.30. The number of phosphoric acid groups is 1. The second kappa shape index (κ2) is 10.3. The molecule has 0 spiro atoms. The largest absolute Gasteiger partial charge is 0.524 e. The van der Waals surface area contributed by atoms with E-state index in [2.05, 4.69) is 9.84 Å². The van der Waals surface area contributed by atoms with Gasteiger partial charge in [-0.2, -0.15) is 0 Å². The van der Waals surface area contributed by atoms with Gasteiger partial charge < -0.3 is 19.3 Å². The van der Waals surface area contributed by atoms with Gasteiger partial charge in [0.1, 0.15) is 18.4 Å². The summed E-state index contributed by atoms with van der Waals surface area (Å²) in [6.07, 6.45) is -0.684. The van der Waals surface area contributed by atoms with E-state index in [-0.39, 0.29) is 24.7 Å². The van der Waals surface area contributed by atoms with Crippen LogP contribution in [0.4, 0.5) is 4.79 Å². The average Bonchev–Trinajstić information content (AvgIpc) is 3.16. The van der Waals surface area contributed by atoms with E-state index in [9.17, 15) is 14.2 Å². The highest BCUT2D eigenvalue weighted by atomic mass is 31.2. The maximum Gasteiger partial charge on any atom is 0.524 e. The van der Waals surface area contributed by atoms with Crippen molar-refractivity contribution in [3.63, 3.8) is 0 Å². The minimum absolute atomic E-state index is 0.0267. The van der Waals surface area contributed by atoms with Gasteiger partial charge in [0, 0.05) is 12.3 Å². The Hall–Kier alpha value is -3.65. The Kier molecular flexibility index (Phi) is 7.21. The van der Waals surface area contributed by atoms with Crippen molar-refractivity contribution in [2.75, 3.05) is 13.7 Å². The lowest BCUT2D eigenvalue weighted by Gasteiger charge is -2.19. The van der Waals surface area contributed by atoms with Crippen molar-refractivity contribution < 1.29 is 37.9 Å². The van der Waals surface area contributed by atoms with Gasteiger partial charge in [0.25, 0.3) is 0 Å². The van der Waals surface area contributed by atoms with Gasteiger partial charge >= 0.3 is 19.9 Å². The maximum absolute atomic E-state index is 12.6. The predicted molar refractivity (Wildman–Crippen MR) is 127 cm³/mol. The summed E-state index contributed by atoms with van der Waals surface area (Å²) in [6, 6.07) is 20.7. The van der Waals surface area contributed by atoms with Crippen LogP contribution >= 0.6 is 7.82 Å². The number of nitrogens with one attached hydrogen (secondary N) is 1. The van der Waals surface area contributed by atoms with Crippen LogP contribution in [0.2, 0.25) is 0 Å². The number of esters is 1. The summed E-state index contributed by atoms with van der Waals surface area (Å²) in [6.45, 7) is 0.0994. The number of hydrogen-bond acceptors (Lipinski definition) is 6. The molecule has 0 aliphatic heterocycles. The Morgan fingerprint density at radius 3 is 2.06 bits per heavy atom. The van der Waals surface area contributed by atoms with E-state index in [1.165, 1.54) is 31.4 Å². The number of amides is 1. The Morgan fingerprint density at radius 2 is 1.51 bits per heavy atom. The quantitative estimate of drug-likeness (QED) is 0.317. The van der Waals surface area contributed by atoms with Crippen LogP contribution in [0.25, 0.3) is 11.1 Å². The van der Waals surface area contributed by atoms with Crippen molar-refractivity contribution in [1.82, 2.24) is 5.32 Å². The number of ether oxygens (including phenoxy) is 2. The maximum atomic E-state index is 12.6. The molecule has 0 saturated heterocycles. The van der Waals surface area contributed by atoms with Crippen molar-refractivity contribution in [2.45, 2.75) is 18.4 Å². The third-order valence-electron chi connectivity index (χ3n) is 5.71. The SMILES string of the molecule is COC(=O)[C@H](Cc1ccc(OP(=O)(O)O)cc1)NC(=O)OCC1c2ccccc2-c2ccccc21. The molecule has 10 heteroatoms. The zero-order valence-electron chi connectivity index (χ0n) is 18.8. The summed E-state index contributed by atoms with van der Waals surface area (Å²) in [5.74, 6) is -0.804. The zero-order chi connectivity index (χ0) is 25.0. The molecule has 0 fully saturated rings. The van der Waals surface area contributed by atoms with E-state index < -0.39 is 25.9 Å². The minimum atomic E-state index is -4.68. The number of methoxy groups -OCH3 is 1. The minimum Gasteiger partial charge on any atom is -0.467 e. The van der Waals surface area contributed by atoms with Crippen molar-refractivity contribution in [3.05, 3.63) is 89.5 Å². The van der Waals surface area contributed by atoms with Crippen LogP contribution in [0.3, 0.4) is 0 Å². The molecule has 4 rings (SSSR count). The number of benzene rings is 3. The van der Waals surface area contributed by atoms with Gasteiger partial charge in [-0.05, 0) is 39.9 Å². The summed E-state index contributed by atoms with van der Waals surface area (Å²) < 4.78 is 25.8. The standard InChI is InChI=1S/C25H24NO8P/c1-32-24(27)23(14-16-10-12-17(13-11-16)34-35(29,30)31)26-25(28)33-15-22-20-8-4-2-6-18(20)19-7-3-5-9-21(19)22/h2-13,22-23H,14-15H2,1H3,(H,26,28)(H2,29,30,31)/t23-/m0/s1. The smallest absolute Gasteiger partial charge is 0.467 e. The summed E-state index contributed by atoms with van der Waals surface area (Å²) in [4.78, 5) is 42.7. The first kappa shape index (κ1) is 24.5. The van der Waals surface area contributed by atoms with Gasteiger partial charge in [0.05, 0.1) is 7.11 Å². The van der Waals surface area contributed by atoms with Crippen molar-refractivity contribution in [3.8, 4) is 16.9 Å². The third kappa shape index (κ3) is 5.89. The highest BCUT2D eigenvalue weighted by molar-refractivity contribution is 7.46. The molecule has 1 aliphatic carbocycles. The van der Waals surface area contributed by atoms with E-state index in [1.807, 2.05) is 48.5 Å². The second-order valence-corrected chi connectivity index (χ2v) is 9.14. The van der Waals surface area contributed by atoms with Crippen LogP contribution in [0.1, 0.15) is 22.6 Å². The molecule has 0 saturated carbocycles. The Bertz CT molecular complexity index is 1220. The fourth-order valence-electron chi connectivity index (χ4n) is 4.18. The van der Waals surface area contributed by atoms with Crippen LogP contribution in [0, 0.1) is 0 Å². The van der Waals surface area contributed by atoms with E-state index in [0.29, 0.717) is 5.56 Å². The van der Waals surface area contributed by atoms with Crippen molar-refractivity contribution >= 4 is 19.9 Å². The molecule has 1 amide bonds. The fraction of sp³-hybridized carbons (Fsp3) is 0.200. The Morgan fingerprint density at radius 1 is 0.943 bits per heavy atom. The molecule has 3 aromatic carbocycles. The molecule has 1 atom stereocenters. The monoisotopic (exact) mass is 497 g/mol. The number of hydrogen-bond donors (Lipinski definition) is 3. The Labute approximate surface area is 201 Å². The first-order valence-electron chi connectivity index (χ1n) is 10.8. The van der Waals surface area contributed by atoms with Crippen LogP contribution in [-0.4, -0.2) is 41.6 Å². The molecule has 1 aliphatic rings.